The van der Waals surface area contributed by atoms with E-state index in [-0.39, 0.29) is 17.9 Å². The Kier molecular flexibility index (Phi) is 2.14. The van der Waals surface area contributed by atoms with Gasteiger partial charge in [-0.1, -0.05) is 12.2 Å². The molecular formula is C11H17NO. The molecule has 72 valence electrons. The van der Waals surface area contributed by atoms with Gasteiger partial charge in [-0.3, -0.25) is 4.79 Å². The van der Waals surface area contributed by atoms with E-state index in [9.17, 15) is 4.79 Å². The maximum absolute atomic E-state index is 11.7. The predicted octanol–water partition coefficient (Wildman–Crippen LogP) is 1.72. The minimum absolute atomic E-state index is 0.256. The first-order chi connectivity index (χ1) is 6.16. The van der Waals surface area contributed by atoms with Crippen LogP contribution in [0.1, 0.15) is 26.7 Å². The Balaban J connectivity index is 1.95. The van der Waals surface area contributed by atoms with Gasteiger partial charge in [0.25, 0.3) is 0 Å². The van der Waals surface area contributed by atoms with Crippen molar-refractivity contribution in [2.45, 2.75) is 32.7 Å². The summed E-state index contributed by atoms with van der Waals surface area (Å²) in [6, 6.07) is 0.274. The lowest BCUT2D eigenvalue weighted by atomic mass is 9.92. The van der Waals surface area contributed by atoms with Gasteiger partial charge in [0.05, 0.1) is 0 Å². The normalized spacial score (nSPS) is 35.8. The maximum Gasteiger partial charge on any atom is 0.223 e. The molecule has 2 nitrogen and oxygen atoms in total. The number of rotatable bonds is 2. The number of fused-ring (bicyclic) bond motifs is 2. The van der Waals surface area contributed by atoms with Crippen LogP contribution in [0, 0.1) is 17.8 Å². The number of hydrogen-bond acceptors (Lipinski definition) is 1. The van der Waals surface area contributed by atoms with Crippen molar-refractivity contribution in [3.8, 4) is 0 Å². The number of nitrogens with one attached hydrogen (secondary N) is 1. The lowest BCUT2D eigenvalue weighted by Gasteiger charge is -2.19. The van der Waals surface area contributed by atoms with Crippen molar-refractivity contribution in [3.05, 3.63) is 12.2 Å². The topological polar surface area (TPSA) is 29.1 Å². The van der Waals surface area contributed by atoms with Gasteiger partial charge in [-0.05, 0) is 38.5 Å². The van der Waals surface area contributed by atoms with Gasteiger partial charge in [-0.25, -0.2) is 0 Å². The Hall–Kier alpha value is -0.790. The average molecular weight is 179 g/mol. The molecule has 0 unspecified atom stereocenters. The van der Waals surface area contributed by atoms with Crippen molar-refractivity contribution in [1.29, 1.82) is 0 Å². The summed E-state index contributed by atoms with van der Waals surface area (Å²) in [5.74, 6) is 1.74. The fraction of sp³-hybridized carbons (Fsp3) is 0.727. The van der Waals surface area contributed by atoms with Crippen LogP contribution in [0.15, 0.2) is 12.2 Å². The monoisotopic (exact) mass is 179 g/mol. The van der Waals surface area contributed by atoms with Crippen LogP contribution in [0.2, 0.25) is 0 Å². The second-order valence-electron chi connectivity index (χ2n) is 4.55. The third kappa shape index (κ3) is 1.62. The first-order valence-corrected chi connectivity index (χ1v) is 5.15. The van der Waals surface area contributed by atoms with Crippen LogP contribution in [-0.2, 0) is 4.79 Å². The SMILES string of the molecule is CC(C)NC(=O)[C@@H]1C[C@H]2C=C[C@H]1C2. The van der Waals surface area contributed by atoms with Crippen molar-refractivity contribution >= 4 is 5.91 Å². The Morgan fingerprint density at radius 1 is 1.38 bits per heavy atom. The highest BCUT2D eigenvalue weighted by atomic mass is 16.1. The predicted molar refractivity (Wildman–Crippen MR) is 52.1 cm³/mol. The van der Waals surface area contributed by atoms with Crippen molar-refractivity contribution < 1.29 is 4.79 Å². The highest BCUT2D eigenvalue weighted by Gasteiger charge is 2.39. The molecule has 0 spiro atoms. The Morgan fingerprint density at radius 2 is 2.15 bits per heavy atom. The summed E-state index contributed by atoms with van der Waals surface area (Å²) in [5.41, 5.74) is 0. The minimum Gasteiger partial charge on any atom is -0.354 e. The quantitative estimate of drug-likeness (QED) is 0.642. The molecule has 0 aromatic rings. The molecule has 2 bridgehead atoms. The van der Waals surface area contributed by atoms with E-state index >= 15 is 0 Å². The smallest absolute Gasteiger partial charge is 0.223 e. The molecule has 0 heterocycles. The molecule has 1 N–H and O–H groups in total. The molecule has 2 rings (SSSR count). The first kappa shape index (κ1) is 8.79. The summed E-state index contributed by atoms with van der Waals surface area (Å²) in [7, 11) is 0. The number of carbonyl (C=O) groups excluding carboxylic acids is 1. The fourth-order valence-electron chi connectivity index (χ4n) is 2.47. The lowest BCUT2D eigenvalue weighted by Crippen LogP contribution is -2.37. The number of carbonyl (C=O) groups is 1. The molecule has 0 aliphatic heterocycles. The molecule has 2 aliphatic carbocycles. The zero-order chi connectivity index (χ0) is 9.42. The highest BCUT2D eigenvalue weighted by molar-refractivity contribution is 5.80. The molecule has 1 amide bonds. The summed E-state index contributed by atoms with van der Waals surface area (Å²) in [5, 5.41) is 3.00. The second-order valence-corrected chi connectivity index (χ2v) is 4.55. The van der Waals surface area contributed by atoms with Crippen molar-refractivity contribution in [2.75, 3.05) is 0 Å². The van der Waals surface area contributed by atoms with E-state index in [0.29, 0.717) is 11.8 Å². The van der Waals surface area contributed by atoms with Gasteiger partial charge in [0.2, 0.25) is 5.91 Å². The molecule has 2 aliphatic rings. The van der Waals surface area contributed by atoms with Crippen LogP contribution in [0.5, 0.6) is 0 Å². The number of allylic oxidation sites excluding steroid dienone is 2. The standard InChI is InChI=1S/C11H17NO/c1-7(2)12-11(13)10-6-8-3-4-9(10)5-8/h3-4,7-10H,5-6H2,1-2H3,(H,12,13)/t8-,9-,10+/m0/s1. The van der Waals surface area contributed by atoms with Gasteiger partial charge < -0.3 is 5.32 Å². The first-order valence-electron chi connectivity index (χ1n) is 5.15. The maximum atomic E-state index is 11.7. The Morgan fingerprint density at radius 3 is 2.62 bits per heavy atom. The molecule has 1 fully saturated rings. The van der Waals surface area contributed by atoms with Crippen LogP contribution < -0.4 is 5.32 Å². The fourth-order valence-corrected chi connectivity index (χ4v) is 2.47. The summed E-state index contributed by atoms with van der Waals surface area (Å²) in [6.45, 7) is 4.03. The highest BCUT2D eigenvalue weighted by Crippen LogP contribution is 2.43. The van der Waals surface area contributed by atoms with Crippen molar-refractivity contribution in [1.82, 2.24) is 5.32 Å². The number of hydrogen-bond donors (Lipinski definition) is 1. The van der Waals surface area contributed by atoms with Crippen LogP contribution >= 0.6 is 0 Å². The van der Waals surface area contributed by atoms with Crippen molar-refractivity contribution in [3.63, 3.8) is 0 Å². The largest absolute Gasteiger partial charge is 0.354 e. The zero-order valence-electron chi connectivity index (χ0n) is 8.29. The summed E-state index contributed by atoms with van der Waals surface area (Å²) in [6.07, 6.45) is 6.76. The molecule has 13 heavy (non-hydrogen) atoms. The van der Waals surface area contributed by atoms with Gasteiger partial charge in [0.15, 0.2) is 0 Å². The number of amides is 1. The van der Waals surface area contributed by atoms with Gasteiger partial charge in [0.1, 0.15) is 0 Å². The van der Waals surface area contributed by atoms with E-state index in [2.05, 4.69) is 17.5 Å². The molecule has 0 saturated heterocycles. The molecule has 2 heteroatoms. The minimum atomic E-state index is 0.256. The van der Waals surface area contributed by atoms with E-state index in [4.69, 9.17) is 0 Å². The van der Waals surface area contributed by atoms with Crippen LogP contribution in [0.25, 0.3) is 0 Å². The second kappa shape index (κ2) is 3.17. The molecule has 0 aromatic heterocycles. The summed E-state index contributed by atoms with van der Waals surface area (Å²) in [4.78, 5) is 11.7. The van der Waals surface area contributed by atoms with E-state index in [1.165, 1.54) is 6.42 Å². The average Bonchev–Trinajstić information content (AvgIpc) is 2.62. The third-order valence-electron chi connectivity index (χ3n) is 3.05. The van der Waals surface area contributed by atoms with Crippen molar-refractivity contribution in [2.24, 2.45) is 17.8 Å². The van der Waals surface area contributed by atoms with Gasteiger partial charge >= 0.3 is 0 Å². The van der Waals surface area contributed by atoms with Gasteiger partial charge in [-0.15, -0.1) is 0 Å². The zero-order valence-corrected chi connectivity index (χ0v) is 8.29. The Bertz CT molecular complexity index is 244. The van der Waals surface area contributed by atoms with E-state index in [0.717, 1.165) is 6.42 Å². The third-order valence-corrected chi connectivity index (χ3v) is 3.05. The molecular weight excluding hydrogens is 162 g/mol. The lowest BCUT2D eigenvalue weighted by molar-refractivity contribution is -0.126. The molecule has 1 saturated carbocycles. The van der Waals surface area contributed by atoms with E-state index in [1.54, 1.807) is 0 Å². The van der Waals surface area contributed by atoms with Gasteiger partial charge in [0, 0.05) is 12.0 Å². The molecule has 0 aromatic carbocycles. The van der Waals surface area contributed by atoms with Crippen LogP contribution in [-0.4, -0.2) is 11.9 Å². The van der Waals surface area contributed by atoms with Crippen LogP contribution in [0.3, 0.4) is 0 Å². The van der Waals surface area contributed by atoms with Gasteiger partial charge in [-0.2, -0.15) is 0 Å². The van der Waals surface area contributed by atoms with E-state index in [1.807, 2.05) is 13.8 Å². The van der Waals surface area contributed by atoms with Crippen LogP contribution in [0.4, 0.5) is 0 Å². The molecule has 3 atom stereocenters. The molecule has 0 radical (unpaired) electrons. The van der Waals surface area contributed by atoms with E-state index < -0.39 is 0 Å². The Labute approximate surface area is 79.4 Å². The summed E-state index contributed by atoms with van der Waals surface area (Å²) < 4.78 is 0. The summed E-state index contributed by atoms with van der Waals surface area (Å²) >= 11 is 0.